The van der Waals surface area contributed by atoms with Crippen molar-refractivity contribution in [3.8, 4) is 0 Å². The second-order valence-electron chi connectivity index (χ2n) is 7.13. The van der Waals surface area contributed by atoms with E-state index in [2.05, 4.69) is 10.00 Å². The first-order valence-corrected chi connectivity index (χ1v) is 10.7. The van der Waals surface area contributed by atoms with Crippen molar-refractivity contribution in [1.29, 1.82) is 0 Å². The Hall–Kier alpha value is -0.960. The molecule has 142 valence electrons. The lowest BCUT2D eigenvalue weighted by molar-refractivity contribution is 0.0340. The highest BCUT2D eigenvalue weighted by Gasteiger charge is 2.36. The maximum Gasteiger partial charge on any atom is 0.246 e. The highest BCUT2D eigenvalue weighted by molar-refractivity contribution is 7.89. The van der Waals surface area contributed by atoms with Crippen LogP contribution in [-0.2, 0) is 21.8 Å². The summed E-state index contributed by atoms with van der Waals surface area (Å²) in [7, 11) is -1.70. The van der Waals surface area contributed by atoms with E-state index in [1.165, 1.54) is 0 Å². The Kier molecular flexibility index (Phi) is 5.82. The number of rotatable bonds is 5. The van der Waals surface area contributed by atoms with Crippen molar-refractivity contribution in [2.45, 2.75) is 50.5 Å². The third-order valence-electron chi connectivity index (χ3n) is 5.46. The third-order valence-corrected chi connectivity index (χ3v) is 7.67. The Balaban J connectivity index is 1.77. The van der Waals surface area contributed by atoms with Gasteiger partial charge in [-0.15, -0.1) is 0 Å². The Morgan fingerprint density at radius 2 is 1.88 bits per heavy atom. The van der Waals surface area contributed by atoms with Gasteiger partial charge in [-0.3, -0.25) is 9.58 Å². The molecule has 3 heterocycles. The molecule has 0 saturated carbocycles. The van der Waals surface area contributed by atoms with Gasteiger partial charge in [-0.1, -0.05) is 6.42 Å². The van der Waals surface area contributed by atoms with Gasteiger partial charge >= 0.3 is 0 Å². The van der Waals surface area contributed by atoms with E-state index in [1.54, 1.807) is 23.0 Å². The molecule has 2 fully saturated rings. The number of ether oxygens (including phenoxy) is 1. The monoisotopic (exact) mass is 370 g/mol. The van der Waals surface area contributed by atoms with Crippen molar-refractivity contribution in [3.05, 3.63) is 11.4 Å². The zero-order valence-electron chi connectivity index (χ0n) is 15.6. The molecule has 25 heavy (non-hydrogen) atoms. The van der Waals surface area contributed by atoms with Gasteiger partial charge in [-0.05, 0) is 39.7 Å². The molecular weight excluding hydrogens is 340 g/mol. The molecule has 0 N–H and O–H groups in total. The minimum atomic E-state index is -3.50. The van der Waals surface area contributed by atoms with Crippen LogP contribution in [0.1, 0.15) is 37.1 Å². The molecule has 8 heteroatoms. The molecule has 0 spiro atoms. The molecule has 0 aromatic carbocycles. The molecule has 2 saturated heterocycles. The number of hydrogen-bond acceptors (Lipinski definition) is 5. The largest absolute Gasteiger partial charge is 0.379 e. The Morgan fingerprint density at radius 1 is 1.16 bits per heavy atom. The molecule has 7 nitrogen and oxygen atoms in total. The first-order chi connectivity index (χ1) is 11.9. The average molecular weight is 371 g/mol. The lowest BCUT2D eigenvalue weighted by Gasteiger charge is -2.36. The second kappa shape index (κ2) is 7.73. The zero-order chi connectivity index (χ0) is 18.0. The van der Waals surface area contributed by atoms with Crippen LogP contribution in [0.15, 0.2) is 4.90 Å². The fourth-order valence-corrected chi connectivity index (χ4v) is 6.11. The number of aryl methyl sites for hydroxylation is 2. The van der Waals surface area contributed by atoms with Gasteiger partial charge in [0.05, 0.1) is 24.6 Å². The minimum Gasteiger partial charge on any atom is -0.379 e. The molecular formula is C17H30N4O3S. The standard InChI is InChI=1S/C17H30N4O3S/c1-14-17(15(2)19(3)18-14)25(22,23)21-8-5-4-6-16(21)7-9-20-10-12-24-13-11-20/h16H,4-13H2,1-3H3. The normalized spacial score (nSPS) is 23.9. The van der Waals surface area contributed by atoms with Gasteiger partial charge in [0, 0.05) is 32.7 Å². The number of aromatic nitrogens is 2. The van der Waals surface area contributed by atoms with Gasteiger partial charge in [0.25, 0.3) is 0 Å². The summed E-state index contributed by atoms with van der Waals surface area (Å²) in [6.07, 6.45) is 3.87. The smallest absolute Gasteiger partial charge is 0.246 e. The van der Waals surface area contributed by atoms with E-state index in [9.17, 15) is 8.42 Å². The molecule has 0 radical (unpaired) electrons. The van der Waals surface area contributed by atoms with Crippen LogP contribution in [0.4, 0.5) is 0 Å². The van der Waals surface area contributed by atoms with Crippen molar-refractivity contribution in [2.24, 2.45) is 7.05 Å². The van der Waals surface area contributed by atoms with Crippen molar-refractivity contribution in [2.75, 3.05) is 39.4 Å². The maximum atomic E-state index is 13.3. The fraction of sp³-hybridized carbons (Fsp3) is 0.824. The summed E-state index contributed by atoms with van der Waals surface area (Å²) < 4.78 is 35.5. The Labute approximate surface area is 151 Å². The summed E-state index contributed by atoms with van der Waals surface area (Å²) >= 11 is 0. The summed E-state index contributed by atoms with van der Waals surface area (Å²) in [4.78, 5) is 2.77. The first-order valence-electron chi connectivity index (χ1n) is 9.23. The van der Waals surface area contributed by atoms with Crippen molar-refractivity contribution in [1.82, 2.24) is 19.0 Å². The SMILES string of the molecule is Cc1nn(C)c(C)c1S(=O)(=O)N1CCCCC1CCN1CCOCC1. The van der Waals surface area contributed by atoms with Crippen LogP contribution in [0.3, 0.4) is 0 Å². The molecule has 1 unspecified atom stereocenters. The van der Waals surface area contributed by atoms with E-state index < -0.39 is 10.0 Å². The quantitative estimate of drug-likeness (QED) is 0.782. The van der Waals surface area contributed by atoms with Gasteiger partial charge in [0.15, 0.2) is 0 Å². The lowest BCUT2D eigenvalue weighted by atomic mass is 10.0. The van der Waals surface area contributed by atoms with Crippen LogP contribution in [0.2, 0.25) is 0 Å². The fourth-order valence-electron chi connectivity index (χ4n) is 3.98. The highest BCUT2D eigenvalue weighted by Crippen LogP contribution is 2.30. The predicted molar refractivity (Wildman–Crippen MR) is 96.1 cm³/mol. The van der Waals surface area contributed by atoms with Gasteiger partial charge in [0.2, 0.25) is 10.0 Å². The number of sulfonamides is 1. The summed E-state index contributed by atoms with van der Waals surface area (Å²) in [5, 5.41) is 4.30. The molecule has 0 amide bonds. The van der Waals surface area contributed by atoms with Crippen molar-refractivity contribution >= 4 is 10.0 Å². The lowest BCUT2D eigenvalue weighted by Crippen LogP contribution is -2.46. The van der Waals surface area contributed by atoms with Gasteiger partial charge in [-0.2, -0.15) is 9.40 Å². The van der Waals surface area contributed by atoms with Crippen LogP contribution in [-0.4, -0.2) is 72.8 Å². The van der Waals surface area contributed by atoms with E-state index in [1.807, 2.05) is 6.92 Å². The highest BCUT2D eigenvalue weighted by atomic mass is 32.2. The molecule has 3 rings (SSSR count). The molecule has 1 atom stereocenters. The van der Waals surface area contributed by atoms with Crippen LogP contribution < -0.4 is 0 Å². The summed E-state index contributed by atoms with van der Waals surface area (Å²) in [5.74, 6) is 0. The number of hydrogen-bond donors (Lipinski definition) is 0. The second-order valence-corrected chi connectivity index (χ2v) is 8.96. The van der Waals surface area contributed by atoms with E-state index in [-0.39, 0.29) is 6.04 Å². The number of morpholine rings is 1. The van der Waals surface area contributed by atoms with E-state index in [0.717, 1.165) is 64.2 Å². The molecule has 0 aliphatic carbocycles. The predicted octanol–water partition coefficient (Wildman–Crippen LogP) is 1.30. The van der Waals surface area contributed by atoms with E-state index in [0.29, 0.717) is 17.1 Å². The zero-order valence-corrected chi connectivity index (χ0v) is 16.4. The average Bonchev–Trinajstić information content (AvgIpc) is 2.87. The Bertz CT molecular complexity index is 695. The molecule has 1 aromatic rings. The minimum absolute atomic E-state index is 0.0839. The van der Waals surface area contributed by atoms with Gasteiger partial charge in [0.1, 0.15) is 4.90 Å². The molecule has 1 aromatic heterocycles. The van der Waals surface area contributed by atoms with Gasteiger partial charge in [-0.25, -0.2) is 8.42 Å². The van der Waals surface area contributed by atoms with Crippen LogP contribution in [0, 0.1) is 13.8 Å². The van der Waals surface area contributed by atoms with E-state index in [4.69, 9.17) is 4.74 Å². The van der Waals surface area contributed by atoms with Crippen LogP contribution in [0.25, 0.3) is 0 Å². The number of piperidine rings is 1. The molecule has 2 aliphatic rings. The number of nitrogens with zero attached hydrogens (tertiary/aromatic N) is 4. The van der Waals surface area contributed by atoms with Crippen LogP contribution in [0.5, 0.6) is 0 Å². The van der Waals surface area contributed by atoms with Crippen LogP contribution >= 0.6 is 0 Å². The first kappa shape index (κ1) is 18.8. The Morgan fingerprint density at radius 3 is 2.52 bits per heavy atom. The summed E-state index contributed by atoms with van der Waals surface area (Å²) in [6.45, 7) is 8.61. The summed E-state index contributed by atoms with van der Waals surface area (Å²) in [5.41, 5.74) is 1.31. The van der Waals surface area contributed by atoms with E-state index >= 15 is 0 Å². The summed E-state index contributed by atoms with van der Waals surface area (Å²) in [6, 6.07) is 0.0839. The van der Waals surface area contributed by atoms with Gasteiger partial charge < -0.3 is 4.74 Å². The maximum absolute atomic E-state index is 13.3. The molecule has 0 bridgehead atoms. The molecule has 2 aliphatic heterocycles. The topological polar surface area (TPSA) is 67.7 Å². The third kappa shape index (κ3) is 3.92. The van der Waals surface area contributed by atoms with Crippen molar-refractivity contribution in [3.63, 3.8) is 0 Å². The van der Waals surface area contributed by atoms with Crippen molar-refractivity contribution < 1.29 is 13.2 Å².